The maximum Gasteiger partial charge on any atom is 0.291 e. The number of amides is 2. The lowest BCUT2D eigenvalue weighted by Gasteiger charge is -2.40. The SMILES string of the molecule is O=C(Nc1ccc(CNC(=O)C2(c3ccc(F)cc3)CCC2)cc1)c1ccco1. The molecule has 2 N–H and O–H groups in total. The molecule has 1 heterocycles. The van der Waals surface area contributed by atoms with Crippen LogP contribution in [0.15, 0.2) is 71.3 Å². The summed E-state index contributed by atoms with van der Waals surface area (Å²) in [5.74, 6) is -0.413. The number of furan rings is 1. The van der Waals surface area contributed by atoms with Gasteiger partial charge in [-0.2, -0.15) is 0 Å². The van der Waals surface area contributed by atoms with Crippen LogP contribution in [0.5, 0.6) is 0 Å². The van der Waals surface area contributed by atoms with Crippen molar-refractivity contribution in [3.05, 3.63) is 89.6 Å². The van der Waals surface area contributed by atoms with Crippen LogP contribution in [0.1, 0.15) is 40.9 Å². The Balaban J connectivity index is 1.36. The Hall–Kier alpha value is -3.41. The minimum atomic E-state index is -0.565. The molecule has 0 aliphatic heterocycles. The van der Waals surface area contributed by atoms with Crippen LogP contribution in [-0.2, 0) is 16.8 Å². The largest absolute Gasteiger partial charge is 0.459 e. The number of hydrogen-bond donors (Lipinski definition) is 2. The standard InChI is InChI=1S/C23H21FN2O3/c24-18-8-6-17(7-9-18)23(12-2-13-23)22(28)25-15-16-4-10-19(11-5-16)26-21(27)20-3-1-14-29-20/h1,3-11,14H,2,12-13,15H2,(H,25,28)(H,26,27). The topological polar surface area (TPSA) is 71.3 Å². The molecule has 0 saturated heterocycles. The predicted molar refractivity (Wildman–Crippen MR) is 107 cm³/mol. The van der Waals surface area contributed by atoms with Crippen LogP contribution in [0.25, 0.3) is 0 Å². The summed E-state index contributed by atoms with van der Waals surface area (Å²) in [6.45, 7) is 0.383. The Kier molecular flexibility index (Phi) is 5.16. The molecule has 3 aromatic rings. The molecule has 0 bridgehead atoms. The summed E-state index contributed by atoms with van der Waals surface area (Å²) < 4.78 is 18.3. The van der Waals surface area contributed by atoms with E-state index in [0.29, 0.717) is 12.2 Å². The normalized spacial score (nSPS) is 14.7. The number of rotatable bonds is 6. The van der Waals surface area contributed by atoms with Gasteiger partial charge in [0.05, 0.1) is 11.7 Å². The zero-order valence-electron chi connectivity index (χ0n) is 15.8. The van der Waals surface area contributed by atoms with E-state index in [-0.39, 0.29) is 23.4 Å². The first-order valence-electron chi connectivity index (χ1n) is 9.55. The van der Waals surface area contributed by atoms with Crippen LogP contribution in [0.2, 0.25) is 0 Å². The van der Waals surface area contributed by atoms with Crippen molar-refractivity contribution in [1.29, 1.82) is 0 Å². The maximum atomic E-state index is 13.2. The molecule has 6 heteroatoms. The first kappa shape index (κ1) is 18.9. The van der Waals surface area contributed by atoms with E-state index in [1.807, 2.05) is 12.1 Å². The molecule has 2 aromatic carbocycles. The molecule has 1 aliphatic rings. The van der Waals surface area contributed by atoms with Crippen molar-refractivity contribution in [2.75, 3.05) is 5.32 Å². The first-order valence-corrected chi connectivity index (χ1v) is 9.55. The molecule has 0 radical (unpaired) electrons. The van der Waals surface area contributed by atoms with Gasteiger partial charge < -0.3 is 15.1 Å². The van der Waals surface area contributed by atoms with Gasteiger partial charge in [0.15, 0.2) is 5.76 Å². The van der Waals surface area contributed by atoms with Gasteiger partial charge in [0.2, 0.25) is 5.91 Å². The molecule has 1 aromatic heterocycles. The third kappa shape index (κ3) is 3.92. The number of anilines is 1. The summed E-state index contributed by atoms with van der Waals surface area (Å²) in [7, 11) is 0. The van der Waals surface area contributed by atoms with Crippen molar-refractivity contribution >= 4 is 17.5 Å². The summed E-state index contributed by atoms with van der Waals surface area (Å²) in [5.41, 5.74) is 1.86. The second-order valence-corrected chi connectivity index (χ2v) is 7.25. The number of hydrogen-bond acceptors (Lipinski definition) is 3. The van der Waals surface area contributed by atoms with E-state index >= 15 is 0 Å². The summed E-state index contributed by atoms with van der Waals surface area (Å²) in [6, 6.07) is 16.7. The predicted octanol–water partition coefficient (Wildman–Crippen LogP) is 4.41. The number of halogens is 1. The summed E-state index contributed by atoms with van der Waals surface area (Å²) >= 11 is 0. The van der Waals surface area contributed by atoms with Gasteiger partial charge >= 0.3 is 0 Å². The molecule has 5 nitrogen and oxygen atoms in total. The van der Waals surface area contributed by atoms with Crippen molar-refractivity contribution in [3.63, 3.8) is 0 Å². The molecule has 1 saturated carbocycles. The van der Waals surface area contributed by atoms with Crippen molar-refractivity contribution in [1.82, 2.24) is 5.32 Å². The fourth-order valence-corrected chi connectivity index (χ4v) is 3.60. The molecule has 29 heavy (non-hydrogen) atoms. The van der Waals surface area contributed by atoms with Gasteiger partial charge in [-0.05, 0) is 60.4 Å². The lowest BCUT2D eigenvalue weighted by molar-refractivity contribution is -0.130. The maximum absolute atomic E-state index is 13.2. The zero-order valence-corrected chi connectivity index (χ0v) is 15.8. The molecule has 1 aliphatic carbocycles. The van der Waals surface area contributed by atoms with E-state index in [2.05, 4.69) is 10.6 Å². The van der Waals surface area contributed by atoms with Crippen LogP contribution < -0.4 is 10.6 Å². The first-order chi connectivity index (χ1) is 14.1. The van der Waals surface area contributed by atoms with Crippen LogP contribution >= 0.6 is 0 Å². The lowest BCUT2D eigenvalue weighted by atomic mass is 9.64. The Morgan fingerprint density at radius 1 is 1.00 bits per heavy atom. The van der Waals surface area contributed by atoms with Crippen molar-refractivity contribution in [2.24, 2.45) is 0 Å². The minimum Gasteiger partial charge on any atom is -0.459 e. The van der Waals surface area contributed by atoms with Crippen molar-refractivity contribution in [2.45, 2.75) is 31.2 Å². The molecular formula is C23H21FN2O3. The van der Waals surface area contributed by atoms with Crippen LogP contribution in [0.4, 0.5) is 10.1 Å². The summed E-state index contributed by atoms with van der Waals surface area (Å²) in [5, 5.41) is 5.76. The van der Waals surface area contributed by atoms with E-state index in [4.69, 9.17) is 4.42 Å². The van der Waals surface area contributed by atoms with Gasteiger partial charge in [-0.1, -0.05) is 30.7 Å². The Morgan fingerprint density at radius 3 is 2.31 bits per heavy atom. The highest BCUT2D eigenvalue weighted by Gasteiger charge is 2.45. The van der Waals surface area contributed by atoms with E-state index in [1.54, 1.807) is 36.4 Å². The van der Waals surface area contributed by atoms with Crippen LogP contribution in [0, 0.1) is 5.82 Å². The second kappa shape index (κ2) is 7.91. The highest BCUT2D eigenvalue weighted by atomic mass is 19.1. The van der Waals surface area contributed by atoms with E-state index < -0.39 is 5.41 Å². The average Bonchev–Trinajstić information content (AvgIpc) is 3.23. The number of carbonyl (C=O) groups excluding carboxylic acids is 2. The van der Waals surface area contributed by atoms with Gasteiger partial charge in [0.1, 0.15) is 5.82 Å². The smallest absolute Gasteiger partial charge is 0.291 e. The zero-order chi connectivity index (χ0) is 20.3. The second-order valence-electron chi connectivity index (χ2n) is 7.25. The van der Waals surface area contributed by atoms with Gasteiger partial charge in [0, 0.05) is 12.2 Å². The quantitative estimate of drug-likeness (QED) is 0.653. The van der Waals surface area contributed by atoms with Gasteiger partial charge in [-0.3, -0.25) is 9.59 Å². The monoisotopic (exact) mass is 392 g/mol. The van der Waals surface area contributed by atoms with Crippen molar-refractivity contribution < 1.29 is 18.4 Å². The minimum absolute atomic E-state index is 0.0365. The van der Waals surface area contributed by atoms with E-state index in [9.17, 15) is 14.0 Å². The average molecular weight is 392 g/mol. The molecule has 2 amide bonds. The third-order valence-electron chi connectivity index (χ3n) is 5.45. The van der Waals surface area contributed by atoms with Gasteiger partial charge in [-0.25, -0.2) is 4.39 Å². The Morgan fingerprint density at radius 2 is 1.72 bits per heavy atom. The van der Waals surface area contributed by atoms with Crippen molar-refractivity contribution in [3.8, 4) is 0 Å². The Labute approximate surface area is 167 Å². The molecule has 0 spiro atoms. The lowest BCUT2D eigenvalue weighted by Crippen LogP contribution is -2.49. The molecule has 1 fully saturated rings. The highest BCUT2D eigenvalue weighted by Crippen LogP contribution is 2.44. The van der Waals surface area contributed by atoms with E-state index in [1.165, 1.54) is 18.4 Å². The molecule has 4 rings (SSSR count). The molecular weight excluding hydrogens is 371 g/mol. The highest BCUT2D eigenvalue weighted by molar-refractivity contribution is 6.02. The number of carbonyl (C=O) groups is 2. The van der Waals surface area contributed by atoms with E-state index in [0.717, 1.165) is 30.4 Å². The molecule has 0 atom stereocenters. The third-order valence-corrected chi connectivity index (χ3v) is 5.45. The summed E-state index contributed by atoms with van der Waals surface area (Å²) in [4.78, 5) is 24.9. The number of benzene rings is 2. The fourth-order valence-electron chi connectivity index (χ4n) is 3.60. The molecule has 148 valence electrons. The number of nitrogens with one attached hydrogen (secondary N) is 2. The van der Waals surface area contributed by atoms with Crippen LogP contribution in [0.3, 0.4) is 0 Å². The van der Waals surface area contributed by atoms with Gasteiger partial charge in [0.25, 0.3) is 5.91 Å². The van der Waals surface area contributed by atoms with Gasteiger partial charge in [-0.15, -0.1) is 0 Å². The fraction of sp³-hybridized carbons (Fsp3) is 0.217. The van der Waals surface area contributed by atoms with Crippen LogP contribution in [-0.4, -0.2) is 11.8 Å². The summed E-state index contributed by atoms with van der Waals surface area (Å²) in [6.07, 6.45) is 3.96. The Bertz CT molecular complexity index is 992. The molecule has 0 unspecified atom stereocenters.